The molecule has 1 saturated heterocycles. The number of carbonyl (C=O) groups excluding carboxylic acids is 2. The number of sulfonamides is 1. The molecule has 0 aromatic heterocycles. The molecule has 0 bridgehead atoms. The van der Waals surface area contributed by atoms with Crippen molar-refractivity contribution in [1.29, 1.82) is 0 Å². The van der Waals surface area contributed by atoms with Gasteiger partial charge in [-0.2, -0.15) is 4.31 Å². The second-order valence-electron chi connectivity index (χ2n) is 6.61. The average molecular weight is 381 g/mol. The lowest BCUT2D eigenvalue weighted by molar-refractivity contribution is -0.122. The van der Waals surface area contributed by atoms with Crippen LogP contribution in [0.25, 0.3) is 0 Å². The normalized spacial score (nSPS) is 16.2. The van der Waals surface area contributed by atoms with Crippen molar-refractivity contribution in [3.8, 4) is 0 Å². The average Bonchev–Trinajstić information content (AvgIpc) is 2.60. The molecule has 8 heteroatoms. The Hall–Kier alpha value is -1.93. The first-order valence-electron chi connectivity index (χ1n) is 8.97. The van der Waals surface area contributed by atoms with Crippen LogP contribution in [0.5, 0.6) is 0 Å². The van der Waals surface area contributed by atoms with E-state index < -0.39 is 10.0 Å². The minimum atomic E-state index is -3.55. The van der Waals surface area contributed by atoms with Crippen LogP contribution in [-0.2, 0) is 19.6 Å². The lowest BCUT2D eigenvalue weighted by atomic mass is 9.94. The molecule has 1 aromatic rings. The number of hydrogen-bond acceptors (Lipinski definition) is 4. The second kappa shape index (κ2) is 9.14. The molecule has 7 nitrogen and oxygen atoms in total. The zero-order valence-corrected chi connectivity index (χ0v) is 16.1. The van der Waals surface area contributed by atoms with Gasteiger partial charge in [-0.25, -0.2) is 8.42 Å². The fourth-order valence-electron chi connectivity index (χ4n) is 3.02. The Morgan fingerprint density at radius 3 is 2.31 bits per heavy atom. The topological polar surface area (TPSA) is 95.6 Å². The highest BCUT2D eigenvalue weighted by molar-refractivity contribution is 7.89. The molecule has 1 aliphatic heterocycles. The van der Waals surface area contributed by atoms with Crippen LogP contribution in [0, 0.1) is 5.92 Å². The Morgan fingerprint density at radius 1 is 1.15 bits per heavy atom. The number of nitrogens with one attached hydrogen (secondary N) is 2. The first-order chi connectivity index (χ1) is 12.3. The van der Waals surface area contributed by atoms with Crippen LogP contribution >= 0.6 is 0 Å². The maximum Gasteiger partial charge on any atom is 0.243 e. The molecule has 0 atom stereocenters. The van der Waals surface area contributed by atoms with Crippen molar-refractivity contribution in [3.63, 3.8) is 0 Å². The Kier molecular flexibility index (Phi) is 7.16. The van der Waals surface area contributed by atoms with Gasteiger partial charge in [-0.1, -0.05) is 6.92 Å². The van der Waals surface area contributed by atoms with Gasteiger partial charge in [0.25, 0.3) is 0 Å². The summed E-state index contributed by atoms with van der Waals surface area (Å²) in [5.74, 6) is 0.0628. The van der Waals surface area contributed by atoms with E-state index in [1.54, 1.807) is 12.1 Å². The van der Waals surface area contributed by atoms with E-state index in [2.05, 4.69) is 10.6 Å². The minimum absolute atomic E-state index is 0.0433. The summed E-state index contributed by atoms with van der Waals surface area (Å²) < 4.78 is 27.0. The molecule has 0 saturated carbocycles. The van der Waals surface area contributed by atoms with Crippen molar-refractivity contribution in [2.75, 3.05) is 25.0 Å². The fraction of sp³-hybridized carbons (Fsp3) is 0.556. The van der Waals surface area contributed by atoms with E-state index in [4.69, 9.17) is 0 Å². The SMILES string of the molecule is CCCNC(=O)CC1CCN(S(=O)(=O)c2ccc(NC(C)=O)cc2)CC1. The summed E-state index contributed by atoms with van der Waals surface area (Å²) in [6.45, 7) is 4.92. The zero-order chi connectivity index (χ0) is 19.2. The molecule has 2 N–H and O–H groups in total. The Bertz CT molecular complexity index is 723. The maximum atomic E-state index is 12.8. The molecule has 2 rings (SSSR count). The van der Waals surface area contributed by atoms with E-state index in [0.29, 0.717) is 44.6 Å². The third kappa shape index (κ3) is 5.54. The molecular weight excluding hydrogens is 354 g/mol. The number of piperidine rings is 1. The molecule has 0 radical (unpaired) electrons. The fourth-order valence-corrected chi connectivity index (χ4v) is 4.48. The van der Waals surface area contributed by atoms with Crippen molar-refractivity contribution in [2.24, 2.45) is 5.92 Å². The standard InChI is InChI=1S/C18H27N3O4S/c1-3-10-19-18(23)13-15-8-11-21(12-9-15)26(24,25)17-6-4-16(5-7-17)20-14(2)22/h4-7,15H,3,8-13H2,1-2H3,(H,19,23)(H,20,22). The number of anilines is 1. The van der Waals surface area contributed by atoms with Crippen LogP contribution < -0.4 is 10.6 Å². The van der Waals surface area contributed by atoms with Crippen LogP contribution in [0.1, 0.15) is 39.5 Å². The first-order valence-corrected chi connectivity index (χ1v) is 10.4. The summed E-state index contributed by atoms with van der Waals surface area (Å²) >= 11 is 0. The third-order valence-corrected chi connectivity index (χ3v) is 6.35. The van der Waals surface area contributed by atoms with Crippen molar-refractivity contribution in [2.45, 2.75) is 44.4 Å². The molecule has 26 heavy (non-hydrogen) atoms. The number of amides is 2. The van der Waals surface area contributed by atoms with Gasteiger partial charge >= 0.3 is 0 Å². The predicted molar refractivity (Wildman–Crippen MR) is 100 cm³/mol. The van der Waals surface area contributed by atoms with E-state index >= 15 is 0 Å². The summed E-state index contributed by atoms with van der Waals surface area (Å²) in [5, 5.41) is 5.48. The first kappa shape index (κ1) is 20.4. The van der Waals surface area contributed by atoms with Crippen LogP contribution in [-0.4, -0.2) is 44.2 Å². The van der Waals surface area contributed by atoms with Crippen LogP contribution in [0.2, 0.25) is 0 Å². The van der Waals surface area contributed by atoms with E-state index in [1.165, 1.54) is 23.4 Å². The van der Waals surface area contributed by atoms with Crippen LogP contribution in [0.15, 0.2) is 29.2 Å². The molecule has 1 fully saturated rings. The Balaban J connectivity index is 1.93. The highest BCUT2D eigenvalue weighted by Gasteiger charge is 2.30. The molecule has 0 aliphatic carbocycles. The summed E-state index contributed by atoms with van der Waals surface area (Å²) in [4.78, 5) is 23.1. The number of rotatable bonds is 7. The summed E-state index contributed by atoms with van der Waals surface area (Å²) in [5.41, 5.74) is 0.563. The molecule has 0 spiro atoms. The number of hydrogen-bond donors (Lipinski definition) is 2. The van der Waals surface area contributed by atoms with Gasteiger partial charge in [0.05, 0.1) is 4.90 Å². The molecule has 2 amide bonds. The summed E-state index contributed by atoms with van der Waals surface area (Å²) in [6, 6.07) is 6.17. The predicted octanol–water partition coefficient (Wildman–Crippen LogP) is 1.96. The molecule has 1 aromatic carbocycles. The smallest absolute Gasteiger partial charge is 0.243 e. The molecule has 0 unspecified atom stereocenters. The molecule has 1 heterocycles. The van der Waals surface area contributed by atoms with Crippen molar-refractivity contribution < 1.29 is 18.0 Å². The summed E-state index contributed by atoms with van der Waals surface area (Å²) in [7, 11) is -3.55. The number of carbonyl (C=O) groups is 2. The third-order valence-electron chi connectivity index (χ3n) is 4.43. The van der Waals surface area contributed by atoms with Crippen molar-refractivity contribution in [3.05, 3.63) is 24.3 Å². The van der Waals surface area contributed by atoms with Crippen molar-refractivity contribution in [1.82, 2.24) is 9.62 Å². The monoisotopic (exact) mass is 381 g/mol. The highest BCUT2D eigenvalue weighted by atomic mass is 32.2. The number of benzene rings is 1. The highest BCUT2D eigenvalue weighted by Crippen LogP contribution is 2.26. The van der Waals surface area contributed by atoms with E-state index in [0.717, 1.165) is 6.42 Å². The Labute approximate surface area is 155 Å². The molecular formula is C18H27N3O4S. The van der Waals surface area contributed by atoms with Gasteiger partial charge in [-0.3, -0.25) is 9.59 Å². The molecule has 1 aliphatic rings. The molecule has 144 valence electrons. The quantitative estimate of drug-likeness (QED) is 0.755. The summed E-state index contributed by atoms with van der Waals surface area (Å²) in [6.07, 6.45) is 2.73. The van der Waals surface area contributed by atoms with Gasteiger partial charge in [0.15, 0.2) is 0 Å². The van der Waals surface area contributed by atoms with E-state index in [1.807, 2.05) is 6.92 Å². The zero-order valence-electron chi connectivity index (χ0n) is 15.3. The van der Waals surface area contributed by atoms with Gasteiger partial charge in [0, 0.05) is 38.7 Å². The van der Waals surface area contributed by atoms with Crippen molar-refractivity contribution >= 4 is 27.5 Å². The van der Waals surface area contributed by atoms with Crippen LogP contribution in [0.3, 0.4) is 0 Å². The van der Waals surface area contributed by atoms with Gasteiger partial charge in [0.2, 0.25) is 21.8 Å². The lowest BCUT2D eigenvalue weighted by Gasteiger charge is -2.31. The van der Waals surface area contributed by atoms with E-state index in [-0.39, 0.29) is 22.6 Å². The van der Waals surface area contributed by atoms with E-state index in [9.17, 15) is 18.0 Å². The minimum Gasteiger partial charge on any atom is -0.356 e. The second-order valence-corrected chi connectivity index (χ2v) is 8.55. The van der Waals surface area contributed by atoms with Gasteiger partial charge in [0.1, 0.15) is 0 Å². The lowest BCUT2D eigenvalue weighted by Crippen LogP contribution is -2.39. The van der Waals surface area contributed by atoms with Gasteiger partial charge in [-0.15, -0.1) is 0 Å². The maximum absolute atomic E-state index is 12.8. The number of nitrogens with zero attached hydrogens (tertiary/aromatic N) is 1. The van der Waals surface area contributed by atoms with Gasteiger partial charge in [-0.05, 0) is 49.4 Å². The Morgan fingerprint density at radius 2 is 1.77 bits per heavy atom. The largest absolute Gasteiger partial charge is 0.356 e. The van der Waals surface area contributed by atoms with Gasteiger partial charge < -0.3 is 10.6 Å². The van der Waals surface area contributed by atoms with Crippen LogP contribution in [0.4, 0.5) is 5.69 Å².